The zero-order chi connectivity index (χ0) is 26.6. The molecule has 3 rings (SSSR count). The van der Waals surface area contributed by atoms with Crippen LogP contribution in [0.2, 0.25) is 0 Å². The molecule has 190 valence electrons. The fourth-order valence-electron chi connectivity index (χ4n) is 3.47. The standard InChI is InChI=1S/C23H29FN4O2.C6H6/c1-15(16-6-4-7-18(10-16)23(2,3)22(29)30)14-27-8-5-9-28-20-12-19(24)11-17(13-25)21(20)26;1-2-4-6-5-3-1/h4,6-7,10-12,15,27-28H,5,8-9,14,26H2,1-3H3,(H,29,30);1-6H. The molecule has 5 N–H and O–H groups in total. The molecule has 0 saturated heterocycles. The third-order valence-corrected chi connectivity index (χ3v) is 5.94. The topological polar surface area (TPSA) is 111 Å². The number of halogens is 1. The van der Waals surface area contributed by atoms with E-state index in [0.717, 1.165) is 36.7 Å². The molecular weight excluding hydrogens is 455 g/mol. The Morgan fingerprint density at radius 3 is 2.31 bits per heavy atom. The lowest BCUT2D eigenvalue weighted by atomic mass is 9.83. The van der Waals surface area contributed by atoms with E-state index in [1.165, 1.54) is 6.07 Å². The molecule has 0 aromatic heterocycles. The van der Waals surface area contributed by atoms with Crippen molar-refractivity contribution in [3.05, 3.63) is 95.3 Å². The molecule has 0 radical (unpaired) electrons. The molecular formula is C29H35FN4O2. The molecule has 0 aliphatic rings. The number of nitrogens with one attached hydrogen (secondary N) is 2. The third kappa shape index (κ3) is 8.40. The van der Waals surface area contributed by atoms with E-state index >= 15 is 0 Å². The van der Waals surface area contributed by atoms with Crippen molar-refractivity contribution >= 4 is 17.3 Å². The van der Waals surface area contributed by atoms with E-state index in [2.05, 4.69) is 17.6 Å². The first kappa shape index (κ1) is 28.3. The molecule has 0 bridgehead atoms. The minimum Gasteiger partial charge on any atom is -0.481 e. The zero-order valence-corrected chi connectivity index (χ0v) is 21.1. The van der Waals surface area contributed by atoms with Crippen molar-refractivity contribution in [1.29, 1.82) is 5.26 Å². The highest BCUT2D eigenvalue weighted by atomic mass is 19.1. The van der Waals surface area contributed by atoms with Crippen molar-refractivity contribution in [2.75, 3.05) is 30.7 Å². The first-order chi connectivity index (χ1) is 17.2. The van der Waals surface area contributed by atoms with Crippen LogP contribution in [0.5, 0.6) is 0 Å². The van der Waals surface area contributed by atoms with Crippen molar-refractivity contribution in [2.24, 2.45) is 0 Å². The molecule has 0 spiro atoms. The van der Waals surface area contributed by atoms with Crippen LogP contribution in [0, 0.1) is 17.1 Å². The second-order valence-corrected chi connectivity index (χ2v) is 9.12. The number of nitrogens with zero attached hydrogens (tertiary/aromatic N) is 1. The number of nitriles is 1. The quantitative estimate of drug-likeness (QED) is 0.220. The van der Waals surface area contributed by atoms with Gasteiger partial charge in [-0.3, -0.25) is 4.79 Å². The molecule has 0 amide bonds. The van der Waals surface area contributed by atoms with E-state index in [1.807, 2.05) is 66.7 Å². The molecule has 0 fully saturated rings. The number of aliphatic carboxylic acids is 1. The number of benzene rings is 3. The Bertz CT molecular complexity index is 1130. The number of rotatable bonds is 10. The van der Waals surface area contributed by atoms with Crippen molar-refractivity contribution in [3.8, 4) is 6.07 Å². The molecule has 3 aromatic rings. The highest BCUT2D eigenvalue weighted by Crippen LogP contribution is 2.27. The van der Waals surface area contributed by atoms with Gasteiger partial charge in [-0.15, -0.1) is 0 Å². The Kier molecular flexibility index (Phi) is 10.9. The van der Waals surface area contributed by atoms with Gasteiger partial charge in [0.05, 0.1) is 22.4 Å². The zero-order valence-electron chi connectivity index (χ0n) is 21.1. The maximum Gasteiger partial charge on any atom is 0.313 e. The van der Waals surface area contributed by atoms with E-state index in [4.69, 9.17) is 11.0 Å². The third-order valence-electron chi connectivity index (χ3n) is 5.94. The molecule has 1 unspecified atom stereocenters. The Morgan fingerprint density at radius 2 is 1.72 bits per heavy atom. The van der Waals surface area contributed by atoms with Crippen LogP contribution in [0.4, 0.5) is 15.8 Å². The number of nitrogens with two attached hydrogens (primary N) is 1. The lowest BCUT2D eigenvalue weighted by Crippen LogP contribution is -2.29. The number of carboxylic acid groups (broad SMARTS) is 1. The van der Waals surface area contributed by atoms with Crippen LogP contribution in [-0.4, -0.2) is 30.7 Å². The van der Waals surface area contributed by atoms with Crippen molar-refractivity contribution < 1.29 is 14.3 Å². The minimum absolute atomic E-state index is 0.123. The summed E-state index contributed by atoms with van der Waals surface area (Å²) >= 11 is 0. The second-order valence-electron chi connectivity index (χ2n) is 9.12. The van der Waals surface area contributed by atoms with Gasteiger partial charge in [-0.1, -0.05) is 67.6 Å². The summed E-state index contributed by atoms with van der Waals surface area (Å²) < 4.78 is 13.5. The van der Waals surface area contributed by atoms with Crippen LogP contribution in [-0.2, 0) is 10.2 Å². The normalized spacial score (nSPS) is 11.5. The predicted octanol–water partition coefficient (Wildman–Crippen LogP) is 5.52. The maximum atomic E-state index is 13.5. The van der Waals surface area contributed by atoms with Gasteiger partial charge in [0.2, 0.25) is 0 Å². The minimum atomic E-state index is -0.932. The summed E-state index contributed by atoms with van der Waals surface area (Å²) in [5.74, 6) is -1.12. The Labute approximate surface area is 213 Å². The largest absolute Gasteiger partial charge is 0.481 e. The number of hydrogen-bond acceptors (Lipinski definition) is 5. The molecule has 0 saturated carbocycles. The fraction of sp³-hybridized carbons (Fsp3) is 0.310. The van der Waals surface area contributed by atoms with Crippen molar-refractivity contribution in [3.63, 3.8) is 0 Å². The lowest BCUT2D eigenvalue weighted by molar-refractivity contribution is -0.142. The predicted molar refractivity (Wildman–Crippen MR) is 143 cm³/mol. The summed E-state index contributed by atoms with van der Waals surface area (Å²) in [5.41, 5.74) is 7.61. The van der Waals surface area contributed by atoms with Crippen LogP contribution >= 0.6 is 0 Å². The van der Waals surface area contributed by atoms with Gasteiger partial charge in [0, 0.05) is 13.1 Å². The van der Waals surface area contributed by atoms with Gasteiger partial charge in [0.25, 0.3) is 0 Å². The van der Waals surface area contributed by atoms with Gasteiger partial charge in [-0.2, -0.15) is 5.26 Å². The second kappa shape index (κ2) is 13.9. The molecule has 0 aliphatic carbocycles. The van der Waals surface area contributed by atoms with Crippen LogP contribution in [0.25, 0.3) is 0 Å². The summed E-state index contributed by atoms with van der Waals surface area (Å²) in [7, 11) is 0. The molecule has 0 heterocycles. The molecule has 1 atom stereocenters. The van der Waals surface area contributed by atoms with Gasteiger partial charge in [0.1, 0.15) is 11.9 Å². The van der Waals surface area contributed by atoms with Gasteiger partial charge in [-0.25, -0.2) is 4.39 Å². The summed E-state index contributed by atoms with van der Waals surface area (Å²) in [6.45, 7) is 7.58. The number of nitrogen functional groups attached to an aromatic ring is 1. The summed E-state index contributed by atoms with van der Waals surface area (Å²) in [6, 6.07) is 24.0. The highest BCUT2D eigenvalue weighted by molar-refractivity contribution is 5.80. The molecule has 0 aliphatic heterocycles. The van der Waals surface area contributed by atoms with Crippen LogP contribution in [0.15, 0.2) is 72.8 Å². The Morgan fingerprint density at radius 1 is 1.08 bits per heavy atom. The SMILES string of the molecule is CC(CNCCCNc1cc(F)cc(C#N)c1N)c1cccc(C(C)(C)C(=O)O)c1.c1ccccc1. The Balaban J connectivity index is 0.000000662. The van der Waals surface area contributed by atoms with E-state index in [-0.39, 0.29) is 17.2 Å². The number of hydrogen-bond donors (Lipinski definition) is 4. The molecule has 7 heteroatoms. The maximum absolute atomic E-state index is 13.5. The molecule has 36 heavy (non-hydrogen) atoms. The van der Waals surface area contributed by atoms with Gasteiger partial charge < -0.3 is 21.5 Å². The van der Waals surface area contributed by atoms with Gasteiger partial charge in [-0.05, 0) is 56.0 Å². The van der Waals surface area contributed by atoms with Crippen LogP contribution < -0.4 is 16.4 Å². The first-order valence-corrected chi connectivity index (χ1v) is 11.9. The fourth-order valence-corrected chi connectivity index (χ4v) is 3.47. The van der Waals surface area contributed by atoms with Crippen molar-refractivity contribution in [2.45, 2.75) is 38.5 Å². The number of carboxylic acids is 1. The monoisotopic (exact) mass is 490 g/mol. The van der Waals surface area contributed by atoms with Crippen molar-refractivity contribution in [1.82, 2.24) is 5.32 Å². The molecule has 3 aromatic carbocycles. The summed E-state index contributed by atoms with van der Waals surface area (Å²) in [4.78, 5) is 11.5. The summed E-state index contributed by atoms with van der Waals surface area (Å²) in [5, 5.41) is 24.9. The number of carbonyl (C=O) groups is 1. The van der Waals surface area contributed by atoms with E-state index < -0.39 is 17.2 Å². The first-order valence-electron chi connectivity index (χ1n) is 11.9. The summed E-state index contributed by atoms with van der Waals surface area (Å²) in [6.07, 6.45) is 0.788. The average Bonchev–Trinajstić information content (AvgIpc) is 2.89. The van der Waals surface area contributed by atoms with E-state index in [1.54, 1.807) is 13.8 Å². The highest BCUT2D eigenvalue weighted by Gasteiger charge is 2.29. The van der Waals surface area contributed by atoms with Gasteiger partial charge in [0.15, 0.2) is 0 Å². The van der Waals surface area contributed by atoms with Crippen LogP contribution in [0.1, 0.15) is 49.8 Å². The lowest BCUT2D eigenvalue weighted by Gasteiger charge is -2.22. The van der Waals surface area contributed by atoms with Gasteiger partial charge >= 0.3 is 5.97 Å². The van der Waals surface area contributed by atoms with Crippen LogP contribution in [0.3, 0.4) is 0 Å². The van der Waals surface area contributed by atoms with E-state index in [9.17, 15) is 14.3 Å². The smallest absolute Gasteiger partial charge is 0.313 e. The Hall–Kier alpha value is -3.89. The molecule has 6 nitrogen and oxygen atoms in total. The van der Waals surface area contributed by atoms with E-state index in [0.29, 0.717) is 12.2 Å². The number of anilines is 2. The average molecular weight is 491 g/mol.